The molecule has 0 aliphatic carbocycles. The number of para-hydroxylation sites is 1. The van der Waals surface area contributed by atoms with Crippen LogP contribution in [0.4, 0.5) is 0 Å². The lowest BCUT2D eigenvalue weighted by molar-refractivity contribution is 0.337. The minimum atomic E-state index is 0.303. The van der Waals surface area contributed by atoms with Gasteiger partial charge in [0.15, 0.2) is 0 Å². The first-order chi connectivity index (χ1) is 11.6. The molecular formula is C21H26N2O. The lowest BCUT2D eigenvalue weighted by atomic mass is 9.90. The Morgan fingerprint density at radius 1 is 1.12 bits per heavy atom. The zero-order valence-corrected chi connectivity index (χ0v) is 14.7. The number of ether oxygens (including phenoxy) is 1. The van der Waals surface area contributed by atoms with Crippen LogP contribution in [0.3, 0.4) is 0 Å². The average Bonchev–Trinajstić information content (AvgIpc) is 2.90. The minimum absolute atomic E-state index is 0.303. The van der Waals surface area contributed by atoms with Gasteiger partial charge in [-0.2, -0.15) is 0 Å². The number of fused-ring (bicyclic) bond motifs is 1. The Balaban J connectivity index is 1.92. The molecule has 3 nitrogen and oxygen atoms in total. The van der Waals surface area contributed by atoms with Crippen LogP contribution in [-0.4, -0.2) is 18.1 Å². The number of rotatable bonds is 6. The Morgan fingerprint density at radius 3 is 2.62 bits per heavy atom. The highest BCUT2D eigenvalue weighted by Crippen LogP contribution is 2.30. The third-order valence-electron chi connectivity index (χ3n) is 4.73. The zero-order valence-electron chi connectivity index (χ0n) is 14.7. The first-order valence-electron chi connectivity index (χ1n) is 8.63. The maximum atomic E-state index is 6.12. The molecule has 0 amide bonds. The van der Waals surface area contributed by atoms with Crippen LogP contribution >= 0.6 is 0 Å². The quantitative estimate of drug-likeness (QED) is 0.703. The highest BCUT2D eigenvalue weighted by atomic mass is 16.5. The molecule has 0 aliphatic rings. The standard InChI is InChI=1S/C21H26N2O/c1-4-24-21-10-9-16(11-14(21)2)17(13-22)12-19-15(3)23-20-8-6-5-7-18(19)20/h5-11,17,23H,4,12-13,22H2,1-3H3. The summed E-state index contributed by atoms with van der Waals surface area (Å²) in [6.45, 7) is 7.57. The highest BCUT2D eigenvalue weighted by molar-refractivity contribution is 5.84. The van der Waals surface area contributed by atoms with E-state index in [9.17, 15) is 0 Å². The molecule has 1 atom stereocenters. The second-order valence-corrected chi connectivity index (χ2v) is 6.37. The molecule has 1 heterocycles. The van der Waals surface area contributed by atoms with Gasteiger partial charge in [-0.15, -0.1) is 0 Å². The van der Waals surface area contributed by atoms with Crippen molar-refractivity contribution in [1.82, 2.24) is 4.98 Å². The average molecular weight is 322 g/mol. The summed E-state index contributed by atoms with van der Waals surface area (Å²) in [5.41, 5.74) is 12.4. The van der Waals surface area contributed by atoms with Gasteiger partial charge in [0.1, 0.15) is 5.75 Å². The van der Waals surface area contributed by atoms with Crippen molar-refractivity contribution in [2.45, 2.75) is 33.1 Å². The van der Waals surface area contributed by atoms with Gasteiger partial charge in [0.2, 0.25) is 0 Å². The van der Waals surface area contributed by atoms with Crippen molar-refractivity contribution in [2.24, 2.45) is 5.73 Å². The molecule has 0 bridgehead atoms. The summed E-state index contributed by atoms with van der Waals surface area (Å²) in [6, 6.07) is 14.9. The van der Waals surface area contributed by atoms with Crippen molar-refractivity contribution in [2.75, 3.05) is 13.2 Å². The molecule has 0 radical (unpaired) electrons. The topological polar surface area (TPSA) is 51.0 Å². The van der Waals surface area contributed by atoms with E-state index in [1.54, 1.807) is 0 Å². The van der Waals surface area contributed by atoms with Crippen molar-refractivity contribution < 1.29 is 4.74 Å². The van der Waals surface area contributed by atoms with E-state index in [4.69, 9.17) is 10.5 Å². The Morgan fingerprint density at radius 2 is 1.92 bits per heavy atom. The van der Waals surface area contributed by atoms with Gasteiger partial charge in [0.05, 0.1) is 6.61 Å². The number of hydrogen-bond donors (Lipinski definition) is 2. The van der Waals surface area contributed by atoms with Crippen molar-refractivity contribution in [3.63, 3.8) is 0 Å². The lowest BCUT2D eigenvalue weighted by Crippen LogP contribution is -2.15. The molecular weight excluding hydrogens is 296 g/mol. The predicted molar refractivity (Wildman–Crippen MR) is 101 cm³/mol. The molecule has 0 aliphatic heterocycles. The van der Waals surface area contributed by atoms with Crippen LogP contribution < -0.4 is 10.5 Å². The Labute approximate surface area is 143 Å². The van der Waals surface area contributed by atoms with Gasteiger partial charge < -0.3 is 15.5 Å². The van der Waals surface area contributed by atoms with Crippen LogP contribution in [0.1, 0.15) is 35.2 Å². The van der Waals surface area contributed by atoms with E-state index in [1.165, 1.54) is 33.3 Å². The molecule has 0 saturated heterocycles. The SMILES string of the molecule is CCOc1ccc(C(CN)Cc2c(C)[nH]c3ccccc23)cc1C. The summed E-state index contributed by atoms with van der Waals surface area (Å²) in [7, 11) is 0. The summed E-state index contributed by atoms with van der Waals surface area (Å²) in [4.78, 5) is 3.48. The van der Waals surface area contributed by atoms with Crippen molar-refractivity contribution in [3.8, 4) is 5.75 Å². The van der Waals surface area contributed by atoms with Crippen molar-refractivity contribution in [3.05, 3.63) is 64.8 Å². The highest BCUT2D eigenvalue weighted by Gasteiger charge is 2.16. The molecule has 24 heavy (non-hydrogen) atoms. The van der Waals surface area contributed by atoms with Crippen molar-refractivity contribution >= 4 is 10.9 Å². The molecule has 3 N–H and O–H groups in total. The van der Waals surface area contributed by atoms with E-state index in [0.29, 0.717) is 19.1 Å². The molecule has 126 valence electrons. The summed E-state index contributed by atoms with van der Waals surface area (Å²) >= 11 is 0. The number of benzene rings is 2. The maximum absolute atomic E-state index is 6.12. The molecule has 1 aromatic heterocycles. The molecule has 3 aromatic rings. The summed E-state index contributed by atoms with van der Waals surface area (Å²) < 4.78 is 5.65. The van der Waals surface area contributed by atoms with Crippen LogP contribution in [0, 0.1) is 13.8 Å². The summed E-state index contributed by atoms with van der Waals surface area (Å²) in [5.74, 6) is 1.26. The Hall–Kier alpha value is -2.26. The van der Waals surface area contributed by atoms with E-state index in [2.05, 4.69) is 61.3 Å². The third kappa shape index (κ3) is 3.17. The molecule has 0 spiro atoms. The van der Waals surface area contributed by atoms with Gasteiger partial charge in [-0.05, 0) is 62.6 Å². The fourth-order valence-corrected chi connectivity index (χ4v) is 3.43. The summed E-state index contributed by atoms with van der Waals surface area (Å²) in [5, 5.41) is 1.30. The first kappa shape index (κ1) is 16.6. The normalized spacial score (nSPS) is 12.5. The molecule has 0 fully saturated rings. The Bertz CT molecular complexity index is 835. The van der Waals surface area contributed by atoms with Gasteiger partial charge in [0, 0.05) is 22.5 Å². The van der Waals surface area contributed by atoms with Crippen molar-refractivity contribution in [1.29, 1.82) is 0 Å². The zero-order chi connectivity index (χ0) is 17.1. The smallest absolute Gasteiger partial charge is 0.122 e. The molecule has 2 aromatic carbocycles. The van der Waals surface area contributed by atoms with Gasteiger partial charge in [-0.1, -0.05) is 30.3 Å². The van der Waals surface area contributed by atoms with E-state index < -0.39 is 0 Å². The Kier molecular flexibility index (Phi) is 4.91. The molecule has 3 heteroatoms. The number of aryl methyl sites for hydroxylation is 2. The maximum Gasteiger partial charge on any atom is 0.122 e. The van der Waals surface area contributed by atoms with Crippen LogP contribution in [0.2, 0.25) is 0 Å². The monoisotopic (exact) mass is 322 g/mol. The predicted octanol–water partition coefficient (Wildman–Crippen LogP) is 4.47. The summed E-state index contributed by atoms with van der Waals surface area (Å²) in [6.07, 6.45) is 0.944. The van der Waals surface area contributed by atoms with Crippen LogP contribution in [0.15, 0.2) is 42.5 Å². The van der Waals surface area contributed by atoms with Gasteiger partial charge in [-0.3, -0.25) is 0 Å². The van der Waals surface area contributed by atoms with Gasteiger partial charge in [-0.25, -0.2) is 0 Å². The number of nitrogens with two attached hydrogens (primary N) is 1. The van der Waals surface area contributed by atoms with E-state index in [-0.39, 0.29) is 0 Å². The van der Waals surface area contributed by atoms with Crippen LogP contribution in [0.5, 0.6) is 5.75 Å². The number of aromatic nitrogens is 1. The lowest BCUT2D eigenvalue weighted by Gasteiger charge is -2.18. The number of nitrogens with one attached hydrogen (secondary N) is 1. The first-order valence-corrected chi connectivity index (χ1v) is 8.63. The van der Waals surface area contributed by atoms with Gasteiger partial charge >= 0.3 is 0 Å². The van der Waals surface area contributed by atoms with E-state index in [1.807, 2.05) is 6.92 Å². The third-order valence-corrected chi connectivity index (χ3v) is 4.73. The van der Waals surface area contributed by atoms with E-state index in [0.717, 1.165) is 12.2 Å². The number of hydrogen-bond acceptors (Lipinski definition) is 2. The second kappa shape index (κ2) is 7.10. The fraction of sp³-hybridized carbons (Fsp3) is 0.333. The molecule has 0 saturated carbocycles. The molecule has 1 unspecified atom stereocenters. The number of H-pyrrole nitrogens is 1. The number of aromatic amines is 1. The second-order valence-electron chi connectivity index (χ2n) is 6.37. The molecule has 3 rings (SSSR count). The van der Waals surface area contributed by atoms with Crippen LogP contribution in [-0.2, 0) is 6.42 Å². The largest absolute Gasteiger partial charge is 0.494 e. The van der Waals surface area contributed by atoms with Crippen LogP contribution in [0.25, 0.3) is 10.9 Å². The van der Waals surface area contributed by atoms with E-state index >= 15 is 0 Å². The fourth-order valence-electron chi connectivity index (χ4n) is 3.43. The van der Waals surface area contributed by atoms with Gasteiger partial charge in [0.25, 0.3) is 0 Å². The minimum Gasteiger partial charge on any atom is -0.494 e.